The Morgan fingerprint density at radius 1 is 0.435 bits per heavy atom. The van der Waals surface area contributed by atoms with Gasteiger partial charge in [0.15, 0.2) is 0 Å². The normalized spacial score (nSPS) is 12.8. The number of esters is 1. The lowest BCUT2D eigenvalue weighted by atomic mass is 10.0. The number of nitrogens with one attached hydrogen (secondary N) is 1. The number of hydrogen-bond acceptors (Lipinski definition) is 5. The quantitative estimate of drug-likeness (QED) is 0.0321. The summed E-state index contributed by atoms with van der Waals surface area (Å²) in [5.74, 6) is -0.0787. The predicted octanol–water partition coefficient (Wildman–Crippen LogP) is 16.7. The Morgan fingerprint density at radius 3 is 1.19 bits per heavy atom. The van der Waals surface area contributed by atoms with E-state index in [0.29, 0.717) is 19.4 Å². The van der Waals surface area contributed by atoms with Crippen molar-refractivity contribution in [3.8, 4) is 0 Å². The summed E-state index contributed by atoms with van der Waals surface area (Å²) in [4.78, 5) is 24.4. The van der Waals surface area contributed by atoms with Crippen LogP contribution in [0.1, 0.15) is 296 Å². The van der Waals surface area contributed by atoms with Crippen molar-refractivity contribution in [2.45, 2.75) is 309 Å². The highest BCUT2D eigenvalue weighted by Crippen LogP contribution is 2.17. The van der Waals surface area contributed by atoms with E-state index in [1.54, 1.807) is 6.08 Å². The Morgan fingerprint density at radius 2 is 0.774 bits per heavy atom. The third-order valence-corrected chi connectivity index (χ3v) is 12.7. The van der Waals surface area contributed by atoms with Crippen molar-refractivity contribution in [3.63, 3.8) is 0 Å². The van der Waals surface area contributed by atoms with E-state index in [1.165, 1.54) is 225 Å². The molecule has 2 atom stereocenters. The molecule has 62 heavy (non-hydrogen) atoms. The minimum Gasteiger partial charge on any atom is -0.466 e. The number of unbranched alkanes of at least 4 members (excludes halogenated alkanes) is 38. The van der Waals surface area contributed by atoms with Gasteiger partial charge in [-0.1, -0.05) is 256 Å². The summed E-state index contributed by atoms with van der Waals surface area (Å²) in [5.41, 5.74) is 0. The van der Waals surface area contributed by atoms with E-state index >= 15 is 0 Å². The fraction of sp³-hybridized carbons (Fsp3) is 0.893. The van der Waals surface area contributed by atoms with Gasteiger partial charge >= 0.3 is 5.97 Å². The zero-order valence-electron chi connectivity index (χ0n) is 41.6. The zero-order chi connectivity index (χ0) is 45.1. The highest BCUT2D eigenvalue weighted by atomic mass is 16.5. The highest BCUT2D eigenvalue weighted by molar-refractivity contribution is 5.76. The Kier molecular flexibility index (Phi) is 50.6. The number of ether oxygens (including phenoxy) is 1. The van der Waals surface area contributed by atoms with Gasteiger partial charge in [-0.3, -0.25) is 9.59 Å². The fourth-order valence-corrected chi connectivity index (χ4v) is 8.44. The molecule has 0 heterocycles. The average molecular weight is 874 g/mol. The van der Waals surface area contributed by atoms with Crippen LogP contribution in [0.5, 0.6) is 0 Å². The molecule has 366 valence electrons. The maximum absolute atomic E-state index is 12.5. The number of carbonyl (C=O) groups is 2. The maximum atomic E-state index is 12.5. The first-order valence-electron chi connectivity index (χ1n) is 27.6. The number of aliphatic hydroxyl groups excluding tert-OH is 2. The van der Waals surface area contributed by atoms with Crippen molar-refractivity contribution < 1.29 is 24.5 Å². The van der Waals surface area contributed by atoms with Crippen LogP contribution in [0, 0.1) is 0 Å². The number of carbonyl (C=O) groups excluding carboxylic acids is 2. The van der Waals surface area contributed by atoms with E-state index in [4.69, 9.17) is 4.74 Å². The lowest BCUT2D eigenvalue weighted by molar-refractivity contribution is -0.143. The van der Waals surface area contributed by atoms with Crippen LogP contribution in [0.3, 0.4) is 0 Å². The van der Waals surface area contributed by atoms with Crippen LogP contribution < -0.4 is 5.32 Å². The highest BCUT2D eigenvalue weighted by Gasteiger charge is 2.18. The summed E-state index contributed by atoms with van der Waals surface area (Å²) in [6.07, 6.45) is 61.9. The zero-order valence-corrected chi connectivity index (χ0v) is 41.6. The number of aliphatic hydroxyl groups is 2. The monoisotopic (exact) mass is 874 g/mol. The van der Waals surface area contributed by atoms with Crippen molar-refractivity contribution in [1.29, 1.82) is 0 Å². The smallest absolute Gasteiger partial charge is 0.305 e. The van der Waals surface area contributed by atoms with E-state index in [0.717, 1.165) is 44.9 Å². The summed E-state index contributed by atoms with van der Waals surface area (Å²) >= 11 is 0. The Bertz CT molecular complexity index is 966. The Hall–Kier alpha value is -1.66. The van der Waals surface area contributed by atoms with Crippen LogP contribution in [-0.4, -0.2) is 47.4 Å². The molecule has 2 unspecified atom stereocenters. The molecule has 6 nitrogen and oxygen atoms in total. The van der Waals surface area contributed by atoms with Crippen molar-refractivity contribution in [2.75, 3.05) is 13.2 Å². The fourth-order valence-electron chi connectivity index (χ4n) is 8.44. The van der Waals surface area contributed by atoms with E-state index < -0.39 is 12.1 Å². The van der Waals surface area contributed by atoms with Crippen molar-refractivity contribution >= 4 is 11.9 Å². The lowest BCUT2D eigenvalue weighted by Gasteiger charge is -2.20. The molecule has 0 saturated heterocycles. The molecule has 0 aliphatic rings. The van der Waals surface area contributed by atoms with Crippen molar-refractivity contribution in [1.82, 2.24) is 5.32 Å². The largest absolute Gasteiger partial charge is 0.466 e. The minimum absolute atomic E-state index is 0.00665. The molecule has 0 aliphatic carbocycles. The van der Waals surface area contributed by atoms with Gasteiger partial charge in [-0.2, -0.15) is 0 Å². The second-order valence-electron chi connectivity index (χ2n) is 18.9. The van der Waals surface area contributed by atoms with Gasteiger partial charge in [-0.25, -0.2) is 0 Å². The number of rotatable bonds is 51. The molecule has 0 aromatic carbocycles. The molecule has 0 aromatic rings. The molecule has 0 aromatic heterocycles. The molecule has 3 N–H and O–H groups in total. The Labute approximate surface area is 386 Å². The SMILES string of the molecule is CCCC/C=C\CCCCCCCC(=O)OCCCCCCCCCCCCCCCCCCCC(=O)NC(CO)C(O)/C=C/CCCCCCCCCCCCCCCCC. The van der Waals surface area contributed by atoms with Gasteiger partial charge in [-0.15, -0.1) is 0 Å². The molecular weight excluding hydrogens is 767 g/mol. The topological polar surface area (TPSA) is 95.9 Å². The Balaban J connectivity index is 3.46. The van der Waals surface area contributed by atoms with Crippen LogP contribution in [-0.2, 0) is 14.3 Å². The summed E-state index contributed by atoms with van der Waals surface area (Å²) in [6, 6.07) is -0.632. The van der Waals surface area contributed by atoms with E-state index in [9.17, 15) is 19.8 Å². The molecule has 0 rings (SSSR count). The summed E-state index contributed by atoms with van der Waals surface area (Å²) in [7, 11) is 0. The first-order valence-corrected chi connectivity index (χ1v) is 27.6. The molecule has 0 aliphatic heterocycles. The number of allylic oxidation sites excluding steroid dienone is 3. The molecule has 1 amide bonds. The molecule has 0 fully saturated rings. The third-order valence-electron chi connectivity index (χ3n) is 12.7. The maximum Gasteiger partial charge on any atom is 0.305 e. The van der Waals surface area contributed by atoms with E-state index in [1.807, 2.05) is 6.08 Å². The second kappa shape index (κ2) is 52.0. The number of hydrogen-bond donors (Lipinski definition) is 3. The second-order valence-corrected chi connectivity index (χ2v) is 18.9. The van der Waals surface area contributed by atoms with Gasteiger partial charge in [0.05, 0.1) is 25.4 Å². The van der Waals surface area contributed by atoms with E-state index in [2.05, 4.69) is 31.3 Å². The van der Waals surface area contributed by atoms with Gasteiger partial charge < -0.3 is 20.3 Å². The van der Waals surface area contributed by atoms with Gasteiger partial charge in [0.25, 0.3) is 0 Å². The van der Waals surface area contributed by atoms with E-state index in [-0.39, 0.29) is 18.5 Å². The first kappa shape index (κ1) is 60.3. The van der Waals surface area contributed by atoms with Crippen LogP contribution >= 0.6 is 0 Å². The summed E-state index contributed by atoms with van der Waals surface area (Å²) < 4.78 is 5.45. The predicted molar refractivity (Wildman–Crippen MR) is 269 cm³/mol. The van der Waals surface area contributed by atoms with Gasteiger partial charge in [0.2, 0.25) is 5.91 Å². The van der Waals surface area contributed by atoms with Gasteiger partial charge in [0, 0.05) is 12.8 Å². The average Bonchev–Trinajstić information content (AvgIpc) is 3.27. The van der Waals surface area contributed by atoms with Crippen LogP contribution in [0.2, 0.25) is 0 Å². The molecule has 0 bridgehead atoms. The third kappa shape index (κ3) is 47.8. The standard InChI is InChI=1S/C56H107NO5/c1-3-5-7-9-11-13-15-16-17-19-22-25-29-32-36-40-44-48-54(59)53(52-58)57-55(60)49-45-41-37-33-30-26-23-20-18-21-24-27-31-35-39-43-47-51-62-56(61)50-46-42-38-34-28-14-12-10-8-6-4-2/h10,12,44,48,53-54,58-59H,3-9,11,13-43,45-47,49-52H2,1-2H3,(H,57,60)/b12-10-,48-44+. The lowest BCUT2D eigenvalue weighted by Crippen LogP contribution is -2.45. The van der Waals surface area contributed by atoms with Crippen LogP contribution in [0.25, 0.3) is 0 Å². The summed E-state index contributed by atoms with van der Waals surface area (Å²) in [5, 5.41) is 23.1. The van der Waals surface area contributed by atoms with Crippen LogP contribution in [0.15, 0.2) is 24.3 Å². The molecule has 0 spiro atoms. The summed E-state index contributed by atoms with van der Waals surface area (Å²) in [6.45, 7) is 4.86. The van der Waals surface area contributed by atoms with Gasteiger partial charge in [0.1, 0.15) is 0 Å². The molecule has 0 radical (unpaired) electrons. The van der Waals surface area contributed by atoms with Crippen LogP contribution in [0.4, 0.5) is 0 Å². The minimum atomic E-state index is -0.848. The van der Waals surface area contributed by atoms with Crippen molar-refractivity contribution in [2.24, 2.45) is 0 Å². The molecule has 6 heteroatoms. The van der Waals surface area contributed by atoms with Crippen molar-refractivity contribution in [3.05, 3.63) is 24.3 Å². The first-order chi connectivity index (χ1) is 30.5. The molecular formula is C56H107NO5. The number of amides is 1. The van der Waals surface area contributed by atoms with Gasteiger partial charge in [-0.05, 0) is 51.4 Å². The molecule has 0 saturated carbocycles.